The average molecular weight is 290 g/mol. The second-order valence-corrected chi connectivity index (χ2v) is 9.12. The van der Waals surface area contributed by atoms with Gasteiger partial charge in [-0.25, -0.2) is 0 Å². The van der Waals surface area contributed by atoms with Gasteiger partial charge >= 0.3 is 8.56 Å². The largest absolute Gasteiger partial charge is 0.396 e. The molecule has 19 heavy (non-hydrogen) atoms. The highest BCUT2D eigenvalue weighted by molar-refractivity contribution is 6.71. The molecule has 1 heterocycles. The zero-order valence-electron chi connectivity index (χ0n) is 12.8. The van der Waals surface area contributed by atoms with Gasteiger partial charge in [-0.05, 0) is 38.3 Å². The van der Waals surface area contributed by atoms with Crippen LogP contribution in [0.15, 0.2) is 0 Å². The van der Waals surface area contributed by atoms with Crippen molar-refractivity contribution in [1.29, 1.82) is 0 Å². The summed E-state index contributed by atoms with van der Waals surface area (Å²) in [4.78, 5) is 0. The number of hydrogen-bond donors (Lipinski definition) is 2. The smallest absolute Gasteiger partial charge is 0.372 e. The monoisotopic (exact) mass is 290 g/mol. The fourth-order valence-electron chi connectivity index (χ4n) is 3.87. The second-order valence-electron chi connectivity index (χ2n) is 5.49. The quantitative estimate of drug-likeness (QED) is 0.691. The molecule has 114 valence electrons. The third kappa shape index (κ3) is 2.50. The first-order valence-electron chi connectivity index (χ1n) is 7.16. The van der Waals surface area contributed by atoms with Crippen molar-refractivity contribution in [1.82, 2.24) is 0 Å². The van der Waals surface area contributed by atoms with E-state index in [9.17, 15) is 0 Å². The van der Waals surface area contributed by atoms with Crippen LogP contribution in [0.25, 0.3) is 0 Å². The van der Waals surface area contributed by atoms with Gasteiger partial charge in [0.25, 0.3) is 0 Å². The fourth-order valence-corrected chi connectivity index (χ4v) is 8.10. The summed E-state index contributed by atoms with van der Waals surface area (Å²) >= 11 is 0. The van der Waals surface area contributed by atoms with Crippen molar-refractivity contribution >= 4 is 8.56 Å². The average Bonchev–Trinajstić information content (AvgIpc) is 2.41. The minimum atomic E-state index is -2.51. The van der Waals surface area contributed by atoms with E-state index in [4.69, 9.17) is 25.1 Å². The zero-order chi connectivity index (χ0) is 14.6. The third-order valence-electron chi connectivity index (χ3n) is 4.75. The molecule has 2 atom stereocenters. The Labute approximate surface area is 118 Å². The lowest BCUT2D eigenvalue weighted by molar-refractivity contribution is -0.0691. The summed E-state index contributed by atoms with van der Waals surface area (Å²) in [6.45, 7) is 2.70. The Kier molecular flexibility index (Phi) is 5.97. The van der Waals surface area contributed by atoms with Gasteiger partial charge in [-0.3, -0.25) is 0 Å². The van der Waals surface area contributed by atoms with E-state index in [1.165, 1.54) is 0 Å². The summed E-state index contributed by atoms with van der Waals surface area (Å²) in [7, 11) is 2.69. The van der Waals surface area contributed by atoms with Gasteiger partial charge in [0, 0.05) is 26.9 Å². The van der Waals surface area contributed by atoms with Crippen LogP contribution in [-0.4, -0.2) is 47.2 Å². The SMILES string of the molecule is CCCC1(OC)C(N)(CCN)CCC[Si]1(OC)OC. The molecule has 1 saturated heterocycles. The van der Waals surface area contributed by atoms with E-state index in [0.29, 0.717) is 6.54 Å². The summed E-state index contributed by atoms with van der Waals surface area (Å²) in [5.41, 5.74) is 12.1. The lowest BCUT2D eigenvalue weighted by Gasteiger charge is -2.57. The predicted octanol–water partition coefficient (Wildman–Crippen LogP) is 1.29. The molecule has 4 N–H and O–H groups in total. The topological polar surface area (TPSA) is 79.7 Å². The number of ether oxygens (including phenoxy) is 1. The molecule has 0 aliphatic carbocycles. The lowest BCUT2D eigenvalue weighted by atomic mass is 9.81. The van der Waals surface area contributed by atoms with E-state index < -0.39 is 19.3 Å². The molecule has 1 fully saturated rings. The first-order valence-corrected chi connectivity index (χ1v) is 9.18. The molecular formula is C13H30N2O3Si. The van der Waals surface area contributed by atoms with Crippen molar-refractivity contribution in [2.75, 3.05) is 27.9 Å². The van der Waals surface area contributed by atoms with Crippen LogP contribution < -0.4 is 11.5 Å². The summed E-state index contributed by atoms with van der Waals surface area (Å²) in [6.07, 6.45) is 4.51. The van der Waals surface area contributed by atoms with Crippen LogP contribution in [0.4, 0.5) is 0 Å². The zero-order valence-corrected chi connectivity index (χ0v) is 13.8. The van der Waals surface area contributed by atoms with Crippen LogP contribution in [0.3, 0.4) is 0 Å². The first kappa shape index (κ1) is 17.1. The predicted molar refractivity (Wildman–Crippen MR) is 79.1 cm³/mol. The molecule has 0 aromatic rings. The van der Waals surface area contributed by atoms with Gasteiger partial charge in [0.2, 0.25) is 0 Å². The number of nitrogens with two attached hydrogens (primary N) is 2. The normalized spacial score (nSPS) is 34.4. The maximum absolute atomic E-state index is 6.74. The highest BCUT2D eigenvalue weighted by atomic mass is 28.4. The van der Waals surface area contributed by atoms with Crippen molar-refractivity contribution < 1.29 is 13.6 Å². The van der Waals surface area contributed by atoms with Gasteiger partial charge < -0.3 is 25.1 Å². The van der Waals surface area contributed by atoms with Gasteiger partial charge in [-0.1, -0.05) is 13.3 Å². The molecular weight excluding hydrogens is 260 g/mol. The molecule has 0 spiro atoms. The van der Waals surface area contributed by atoms with E-state index in [0.717, 1.165) is 38.1 Å². The van der Waals surface area contributed by atoms with Crippen LogP contribution in [0.5, 0.6) is 0 Å². The molecule has 6 heteroatoms. The van der Waals surface area contributed by atoms with Gasteiger partial charge in [-0.15, -0.1) is 0 Å². The molecule has 2 unspecified atom stereocenters. The number of rotatable bonds is 7. The molecule has 1 rings (SSSR count). The molecule has 1 aliphatic rings. The third-order valence-corrected chi connectivity index (χ3v) is 9.26. The highest BCUT2D eigenvalue weighted by Crippen LogP contribution is 2.48. The summed E-state index contributed by atoms with van der Waals surface area (Å²) in [5.74, 6) is 0. The van der Waals surface area contributed by atoms with E-state index in [-0.39, 0.29) is 0 Å². The Morgan fingerprint density at radius 3 is 2.21 bits per heavy atom. The maximum Gasteiger partial charge on any atom is 0.372 e. The summed E-state index contributed by atoms with van der Waals surface area (Å²) < 4.78 is 17.8. The van der Waals surface area contributed by atoms with Crippen LogP contribution in [-0.2, 0) is 13.6 Å². The number of methoxy groups -OCH3 is 1. The Bertz CT molecular complexity index is 285. The fraction of sp³-hybridized carbons (Fsp3) is 1.00. The minimum Gasteiger partial charge on any atom is -0.396 e. The first-order chi connectivity index (χ1) is 9.01. The van der Waals surface area contributed by atoms with Crippen LogP contribution >= 0.6 is 0 Å². The molecule has 5 nitrogen and oxygen atoms in total. The Morgan fingerprint density at radius 1 is 1.16 bits per heavy atom. The van der Waals surface area contributed by atoms with Crippen LogP contribution in [0.2, 0.25) is 6.04 Å². The molecule has 0 aromatic heterocycles. The summed E-state index contributed by atoms with van der Waals surface area (Å²) in [6, 6.07) is 0.928. The van der Waals surface area contributed by atoms with Crippen molar-refractivity contribution in [2.45, 2.75) is 55.8 Å². The molecule has 0 aromatic carbocycles. The van der Waals surface area contributed by atoms with E-state index in [1.54, 1.807) is 21.3 Å². The van der Waals surface area contributed by atoms with Crippen LogP contribution in [0, 0.1) is 0 Å². The lowest BCUT2D eigenvalue weighted by Crippen LogP contribution is -2.78. The van der Waals surface area contributed by atoms with Gasteiger partial charge in [0.15, 0.2) is 0 Å². The maximum atomic E-state index is 6.74. The van der Waals surface area contributed by atoms with Gasteiger partial charge in [0.05, 0.1) is 0 Å². The van der Waals surface area contributed by atoms with E-state index >= 15 is 0 Å². The molecule has 0 saturated carbocycles. The van der Waals surface area contributed by atoms with Crippen molar-refractivity contribution in [3.63, 3.8) is 0 Å². The molecule has 0 amide bonds. The van der Waals surface area contributed by atoms with Crippen LogP contribution in [0.1, 0.15) is 39.0 Å². The molecule has 1 aliphatic heterocycles. The van der Waals surface area contributed by atoms with E-state index in [1.807, 2.05) is 0 Å². The molecule has 0 radical (unpaired) electrons. The van der Waals surface area contributed by atoms with Gasteiger partial charge in [0.1, 0.15) is 5.22 Å². The van der Waals surface area contributed by atoms with E-state index in [2.05, 4.69) is 6.92 Å². The number of hydrogen-bond acceptors (Lipinski definition) is 5. The van der Waals surface area contributed by atoms with Crippen molar-refractivity contribution in [3.05, 3.63) is 0 Å². The Morgan fingerprint density at radius 2 is 1.79 bits per heavy atom. The summed E-state index contributed by atoms with van der Waals surface area (Å²) in [5, 5.41) is -0.518. The van der Waals surface area contributed by atoms with Crippen molar-refractivity contribution in [2.24, 2.45) is 11.5 Å². The van der Waals surface area contributed by atoms with Gasteiger partial charge in [-0.2, -0.15) is 0 Å². The highest BCUT2D eigenvalue weighted by Gasteiger charge is 2.67. The standard InChI is InChI=1S/C13H30N2O3Si/c1-5-7-13(16-2)12(15,9-10-14)8-6-11-19(13,17-3)18-4/h5-11,14-15H2,1-4H3. The molecule has 0 bridgehead atoms. The minimum absolute atomic E-state index is 0.455. The van der Waals surface area contributed by atoms with Crippen molar-refractivity contribution in [3.8, 4) is 0 Å². The Balaban J connectivity index is 3.31. The second kappa shape index (κ2) is 6.65. The Hall–Kier alpha value is 0.0169.